The molecule has 0 heterocycles. The maximum Gasteiger partial charge on any atom is 0.237 e. The highest BCUT2D eigenvalue weighted by Gasteiger charge is 2.22. The van der Waals surface area contributed by atoms with Crippen LogP contribution in [0.25, 0.3) is 0 Å². The van der Waals surface area contributed by atoms with Gasteiger partial charge in [-0.15, -0.1) is 11.8 Å². The number of hydrogen-bond donors (Lipinski definition) is 2. The van der Waals surface area contributed by atoms with E-state index in [1.165, 1.54) is 11.8 Å². The molecular formula is C18H20Cl2N2OS. The lowest BCUT2D eigenvalue weighted by Crippen LogP contribution is -2.29. The third-order valence-corrected chi connectivity index (χ3v) is 5.40. The van der Waals surface area contributed by atoms with Crippen LogP contribution in [0.2, 0.25) is 10.0 Å². The van der Waals surface area contributed by atoms with E-state index in [4.69, 9.17) is 28.9 Å². The molecule has 1 atom stereocenters. The number of carbonyl (C=O) groups is 1. The fraction of sp³-hybridized carbons (Fsp3) is 0.278. The largest absolute Gasteiger partial charge is 0.355 e. The lowest BCUT2D eigenvalue weighted by molar-refractivity contribution is -0.120. The Balaban J connectivity index is 2.17. The van der Waals surface area contributed by atoms with Gasteiger partial charge >= 0.3 is 0 Å². The van der Waals surface area contributed by atoms with Crippen molar-refractivity contribution in [3.05, 3.63) is 64.1 Å². The zero-order chi connectivity index (χ0) is 17.4. The van der Waals surface area contributed by atoms with Gasteiger partial charge in [-0.05, 0) is 43.1 Å². The van der Waals surface area contributed by atoms with Crippen LogP contribution >= 0.6 is 35.0 Å². The maximum atomic E-state index is 12.7. The Morgan fingerprint density at radius 2 is 1.88 bits per heavy atom. The summed E-state index contributed by atoms with van der Waals surface area (Å²) >= 11 is 13.7. The predicted octanol–water partition coefficient (Wildman–Crippen LogP) is 4.68. The molecule has 6 heteroatoms. The summed E-state index contributed by atoms with van der Waals surface area (Å²) in [5.74, 6) is -0.0423. The Bertz CT molecular complexity index is 667. The zero-order valence-electron chi connectivity index (χ0n) is 13.2. The van der Waals surface area contributed by atoms with Crippen molar-refractivity contribution >= 4 is 40.9 Å². The van der Waals surface area contributed by atoms with Gasteiger partial charge in [-0.25, -0.2) is 0 Å². The van der Waals surface area contributed by atoms with Gasteiger partial charge in [-0.1, -0.05) is 53.5 Å². The van der Waals surface area contributed by atoms with Crippen LogP contribution in [-0.2, 0) is 4.79 Å². The summed E-state index contributed by atoms with van der Waals surface area (Å²) in [7, 11) is 0. The van der Waals surface area contributed by atoms with Crippen molar-refractivity contribution in [1.82, 2.24) is 5.32 Å². The third-order valence-electron chi connectivity index (χ3n) is 3.41. The van der Waals surface area contributed by atoms with Crippen LogP contribution < -0.4 is 11.1 Å². The maximum absolute atomic E-state index is 12.7. The molecule has 2 aromatic carbocycles. The van der Waals surface area contributed by atoms with E-state index in [0.717, 1.165) is 23.3 Å². The van der Waals surface area contributed by atoms with Gasteiger partial charge in [0.2, 0.25) is 5.91 Å². The van der Waals surface area contributed by atoms with Crippen molar-refractivity contribution in [3.63, 3.8) is 0 Å². The molecule has 0 aromatic heterocycles. The molecule has 0 radical (unpaired) electrons. The van der Waals surface area contributed by atoms with Crippen LogP contribution in [0.4, 0.5) is 0 Å². The molecule has 2 aromatic rings. The first-order valence-corrected chi connectivity index (χ1v) is 9.40. The molecule has 0 aliphatic rings. The topological polar surface area (TPSA) is 55.1 Å². The molecule has 0 spiro atoms. The van der Waals surface area contributed by atoms with Crippen molar-refractivity contribution in [1.29, 1.82) is 0 Å². The minimum Gasteiger partial charge on any atom is -0.355 e. The molecule has 0 aliphatic heterocycles. The number of rotatable bonds is 8. The molecule has 0 saturated carbocycles. The van der Waals surface area contributed by atoms with Gasteiger partial charge in [-0.2, -0.15) is 0 Å². The highest BCUT2D eigenvalue weighted by Crippen LogP contribution is 2.40. The second-order valence-electron chi connectivity index (χ2n) is 5.27. The van der Waals surface area contributed by atoms with Crippen molar-refractivity contribution in [2.75, 3.05) is 13.1 Å². The summed E-state index contributed by atoms with van der Waals surface area (Å²) in [6, 6.07) is 14.9. The smallest absolute Gasteiger partial charge is 0.237 e. The zero-order valence-corrected chi connectivity index (χ0v) is 15.5. The molecule has 24 heavy (non-hydrogen) atoms. The first-order chi connectivity index (χ1) is 11.6. The highest BCUT2D eigenvalue weighted by molar-refractivity contribution is 8.00. The minimum absolute atomic E-state index is 0.0423. The summed E-state index contributed by atoms with van der Waals surface area (Å²) in [5, 5.41) is 3.77. The van der Waals surface area contributed by atoms with E-state index in [9.17, 15) is 4.79 Å². The SMILES string of the molecule is NCCCCNC(=O)C(Sc1cc(Cl)ccc1Cl)c1ccccc1. The van der Waals surface area contributed by atoms with Gasteiger partial charge in [0.15, 0.2) is 0 Å². The van der Waals surface area contributed by atoms with Crippen LogP contribution in [-0.4, -0.2) is 19.0 Å². The van der Waals surface area contributed by atoms with Crippen LogP contribution in [0.5, 0.6) is 0 Å². The number of unbranched alkanes of at least 4 members (excludes halogenated alkanes) is 1. The number of hydrogen-bond acceptors (Lipinski definition) is 3. The monoisotopic (exact) mass is 382 g/mol. The molecule has 2 rings (SSSR count). The van der Waals surface area contributed by atoms with E-state index < -0.39 is 0 Å². The Morgan fingerprint density at radius 1 is 1.12 bits per heavy atom. The van der Waals surface area contributed by atoms with E-state index in [-0.39, 0.29) is 11.2 Å². The second-order valence-corrected chi connectivity index (χ2v) is 7.26. The van der Waals surface area contributed by atoms with Crippen molar-refractivity contribution in [2.45, 2.75) is 23.0 Å². The summed E-state index contributed by atoms with van der Waals surface area (Å²) in [6.45, 7) is 1.24. The van der Waals surface area contributed by atoms with Crippen LogP contribution in [0.3, 0.4) is 0 Å². The predicted molar refractivity (Wildman–Crippen MR) is 103 cm³/mol. The van der Waals surface area contributed by atoms with E-state index in [1.807, 2.05) is 30.3 Å². The summed E-state index contributed by atoms with van der Waals surface area (Å²) in [4.78, 5) is 13.5. The van der Waals surface area contributed by atoms with Crippen LogP contribution in [0.15, 0.2) is 53.4 Å². The molecule has 0 saturated heterocycles. The van der Waals surface area contributed by atoms with Crippen molar-refractivity contribution in [3.8, 4) is 0 Å². The lowest BCUT2D eigenvalue weighted by atomic mass is 10.1. The fourth-order valence-corrected chi connectivity index (χ4v) is 3.77. The standard InChI is InChI=1S/C18H20Cl2N2OS/c19-14-8-9-15(20)16(12-14)24-17(13-6-2-1-3-7-13)18(23)22-11-5-4-10-21/h1-3,6-9,12,17H,4-5,10-11,21H2,(H,22,23). The Labute approximate surface area is 156 Å². The van der Waals surface area contributed by atoms with E-state index in [2.05, 4.69) is 5.32 Å². The second kappa shape index (κ2) is 9.94. The van der Waals surface area contributed by atoms with Crippen molar-refractivity contribution < 1.29 is 4.79 Å². The molecule has 3 nitrogen and oxygen atoms in total. The quantitative estimate of drug-likeness (QED) is 0.514. The van der Waals surface area contributed by atoms with Gasteiger partial charge in [0, 0.05) is 16.5 Å². The number of nitrogens with one attached hydrogen (secondary N) is 1. The average Bonchev–Trinajstić information content (AvgIpc) is 2.60. The molecule has 3 N–H and O–H groups in total. The molecule has 0 fully saturated rings. The van der Waals surface area contributed by atoms with E-state index in [1.54, 1.807) is 18.2 Å². The number of benzene rings is 2. The van der Waals surface area contributed by atoms with Crippen LogP contribution in [0.1, 0.15) is 23.7 Å². The number of carbonyl (C=O) groups excluding carboxylic acids is 1. The van der Waals surface area contributed by atoms with Gasteiger partial charge in [0.25, 0.3) is 0 Å². The average molecular weight is 383 g/mol. The molecule has 128 valence electrons. The first-order valence-electron chi connectivity index (χ1n) is 7.76. The van der Waals surface area contributed by atoms with Gasteiger partial charge in [-0.3, -0.25) is 4.79 Å². The molecule has 0 aliphatic carbocycles. The molecular weight excluding hydrogens is 363 g/mol. The number of thioether (sulfide) groups is 1. The highest BCUT2D eigenvalue weighted by atomic mass is 35.5. The van der Waals surface area contributed by atoms with Gasteiger partial charge in [0.1, 0.15) is 5.25 Å². The normalized spacial score (nSPS) is 12.0. The van der Waals surface area contributed by atoms with Crippen molar-refractivity contribution in [2.24, 2.45) is 5.73 Å². The molecule has 1 amide bonds. The number of amides is 1. The third kappa shape index (κ3) is 5.71. The van der Waals surface area contributed by atoms with Crippen LogP contribution in [0, 0.1) is 0 Å². The lowest BCUT2D eigenvalue weighted by Gasteiger charge is -2.18. The Hall–Kier alpha value is -1.20. The number of halogens is 2. The first kappa shape index (κ1) is 19.1. The van der Waals surface area contributed by atoms with E-state index in [0.29, 0.717) is 23.1 Å². The minimum atomic E-state index is -0.389. The van der Waals surface area contributed by atoms with Gasteiger partial charge in [0.05, 0.1) is 5.02 Å². The summed E-state index contributed by atoms with van der Waals surface area (Å²) in [6.07, 6.45) is 1.76. The fourth-order valence-electron chi connectivity index (χ4n) is 2.17. The Kier molecular flexibility index (Phi) is 7.92. The summed E-state index contributed by atoms with van der Waals surface area (Å²) < 4.78 is 0. The van der Waals surface area contributed by atoms with E-state index >= 15 is 0 Å². The summed E-state index contributed by atoms with van der Waals surface area (Å²) in [5.41, 5.74) is 6.41. The molecule has 0 bridgehead atoms. The molecule has 1 unspecified atom stereocenters. The van der Waals surface area contributed by atoms with Gasteiger partial charge < -0.3 is 11.1 Å². The Morgan fingerprint density at radius 3 is 2.58 bits per heavy atom. The number of nitrogens with two attached hydrogens (primary N) is 1.